The second-order valence-corrected chi connectivity index (χ2v) is 6.66. The maximum Gasteiger partial charge on any atom is 0.267 e. The van der Waals surface area contributed by atoms with Crippen molar-refractivity contribution in [3.05, 3.63) is 52.8 Å². The lowest BCUT2D eigenvalue weighted by molar-refractivity contribution is -0.127. The fourth-order valence-corrected chi connectivity index (χ4v) is 3.43. The van der Waals surface area contributed by atoms with Crippen LogP contribution in [0.15, 0.2) is 47.3 Å². The van der Waals surface area contributed by atoms with Gasteiger partial charge in [0.2, 0.25) is 11.0 Å². The van der Waals surface area contributed by atoms with E-state index in [0.717, 1.165) is 10.2 Å². The van der Waals surface area contributed by atoms with Crippen molar-refractivity contribution in [3.8, 4) is 11.3 Å². The van der Waals surface area contributed by atoms with Gasteiger partial charge in [0.05, 0.1) is 11.7 Å². The van der Waals surface area contributed by atoms with Crippen molar-refractivity contribution in [3.63, 3.8) is 0 Å². The predicted octanol–water partition coefficient (Wildman–Crippen LogP) is 1.62. The Hall–Kier alpha value is -2.41. The average molecular weight is 343 g/mol. The highest BCUT2D eigenvalue weighted by atomic mass is 32.2. The second-order valence-electron chi connectivity index (χ2n) is 5.56. The van der Waals surface area contributed by atoms with E-state index >= 15 is 0 Å². The molecule has 1 saturated heterocycles. The van der Waals surface area contributed by atoms with Gasteiger partial charge in [-0.1, -0.05) is 42.1 Å². The molecule has 1 N–H and O–H groups in total. The summed E-state index contributed by atoms with van der Waals surface area (Å²) in [7, 11) is 0. The summed E-state index contributed by atoms with van der Waals surface area (Å²) in [6, 6.07) is 11.2. The van der Waals surface area contributed by atoms with Gasteiger partial charge in [0.25, 0.3) is 5.56 Å². The maximum absolute atomic E-state index is 12.4. The molecule has 1 aromatic carbocycles. The zero-order valence-electron chi connectivity index (χ0n) is 13.1. The van der Waals surface area contributed by atoms with E-state index < -0.39 is 12.1 Å². The predicted molar refractivity (Wildman–Crippen MR) is 92.7 cm³/mol. The Kier molecular flexibility index (Phi) is 4.80. The molecular weight excluding hydrogens is 326 g/mol. The highest BCUT2D eigenvalue weighted by Gasteiger charge is 2.29. The monoisotopic (exact) mass is 343 g/mol. The Morgan fingerprint density at radius 1 is 1.25 bits per heavy atom. The van der Waals surface area contributed by atoms with Crippen LogP contribution in [0.3, 0.4) is 0 Å². The standard InChI is InChI=1S/C17H17N3O3S/c1-11(16(22)18-14-9-10-24-17(14)23)20-15(21)8-7-13(19-20)12-5-3-2-4-6-12/h2-8,11,14H,9-10H2,1H3,(H,18,22)/t11-,14+/m1/s1. The number of thioether (sulfide) groups is 1. The van der Waals surface area contributed by atoms with Crippen molar-refractivity contribution in [1.82, 2.24) is 15.1 Å². The van der Waals surface area contributed by atoms with E-state index in [1.54, 1.807) is 13.0 Å². The molecule has 0 unspecified atom stereocenters. The molecule has 2 heterocycles. The lowest BCUT2D eigenvalue weighted by Gasteiger charge is -2.17. The maximum atomic E-state index is 12.4. The van der Waals surface area contributed by atoms with Gasteiger partial charge >= 0.3 is 0 Å². The zero-order valence-corrected chi connectivity index (χ0v) is 14.0. The first kappa shape index (κ1) is 16.4. The summed E-state index contributed by atoms with van der Waals surface area (Å²) in [6.07, 6.45) is 0.619. The molecule has 2 aromatic rings. The largest absolute Gasteiger partial charge is 0.343 e. The molecule has 3 rings (SSSR count). The summed E-state index contributed by atoms with van der Waals surface area (Å²) >= 11 is 1.22. The van der Waals surface area contributed by atoms with Crippen LogP contribution < -0.4 is 10.9 Å². The molecule has 1 amide bonds. The number of hydrogen-bond acceptors (Lipinski definition) is 5. The van der Waals surface area contributed by atoms with E-state index in [9.17, 15) is 14.4 Å². The molecule has 1 aliphatic heterocycles. The Morgan fingerprint density at radius 3 is 2.67 bits per heavy atom. The molecule has 1 aliphatic rings. The van der Waals surface area contributed by atoms with Crippen molar-refractivity contribution in [2.24, 2.45) is 0 Å². The van der Waals surface area contributed by atoms with Gasteiger partial charge in [-0.2, -0.15) is 5.10 Å². The molecule has 7 heteroatoms. The van der Waals surface area contributed by atoms with Crippen LogP contribution in [-0.4, -0.2) is 32.6 Å². The first-order valence-electron chi connectivity index (χ1n) is 7.68. The number of amides is 1. The van der Waals surface area contributed by atoms with Gasteiger partial charge in [-0.3, -0.25) is 14.4 Å². The number of aromatic nitrogens is 2. The quantitative estimate of drug-likeness (QED) is 0.912. The molecule has 0 spiro atoms. The van der Waals surface area contributed by atoms with Gasteiger partial charge in [0.15, 0.2) is 0 Å². The molecule has 124 valence electrons. The molecule has 0 saturated carbocycles. The minimum Gasteiger partial charge on any atom is -0.343 e. The molecule has 6 nitrogen and oxygen atoms in total. The van der Waals surface area contributed by atoms with E-state index in [-0.39, 0.29) is 16.6 Å². The van der Waals surface area contributed by atoms with E-state index in [4.69, 9.17) is 0 Å². The second kappa shape index (κ2) is 7.00. The van der Waals surface area contributed by atoms with Gasteiger partial charge in [-0.05, 0) is 19.4 Å². The number of hydrogen-bond donors (Lipinski definition) is 1. The third-order valence-corrected chi connectivity index (χ3v) is 4.90. The smallest absolute Gasteiger partial charge is 0.267 e. The zero-order chi connectivity index (χ0) is 17.1. The fourth-order valence-electron chi connectivity index (χ4n) is 2.50. The van der Waals surface area contributed by atoms with Gasteiger partial charge in [-0.25, -0.2) is 4.68 Å². The molecule has 24 heavy (non-hydrogen) atoms. The van der Waals surface area contributed by atoms with Crippen molar-refractivity contribution in [2.45, 2.75) is 25.4 Å². The number of carbonyl (C=O) groups is 2. The first-order valence-corrected chi connectivity index (χ1v) is 8.67. The van der Waals surface area contributed by atoms with Crippen molar-refractivity contribution >= 4 is 22.8 Å². The number of nitrogens with zero attached hydrogens (tertiary/aromatic N) is 2. The van der Waals surface area contributed by atoms with Crippen LogP contribution in [0.4, 0.5) is 0 Å². The van der Waals surface area contributed by atoms with Crippen molar-refractivity contribution in [2.75, 3.05) is 5.75 Å². The van der Waals surface area contributed by atoms with Gasteiger partial charge < -0.3 is 5.32 Å². The van der Waals surface area contributed by atoms with Gasteiger partial charge in [-0.15, -0.1) is 0 Å². The Balaban J connectivity index is 1.84. The van der Waals surface area contributed by atoms with Gasteiger partial charge in [0.1, 0.15) is 6.04 Å². The van der Waals surface area contributed by atoms with Crippen molar-refractivity contribution in [1.29, 1.82) is 0 Å². The molecule has 1 fully saturated rings. The number of benzene rings is 1. The van der Waals surface area contributed by atoms with Crippen LogP contribution in [-0.2, 0) is 9.59 Å². The number of carbonyl (C=O) groups excluding carboxylic acids is 2. The Labute approximate surface area is 143 Å². The Morgan fingerprint density at radius 2 is 2.00 bits per heavy atom. The summed E-state index contributed by atoms with van der Waals surface area (Å²) in [4.78, 5) is 36.1. The van der Waals surface area contributed by atoms with E-state index in [1.165, 1.54) is 17.8 Å². The third kappa shape index (κ3) is 3.41. The number of rotatable bonds is 4. The first-order chi connectivity index (χ1) is 11.6. The molecular formula is C17H17N3O3S. The topological polar surface area (TPSA) is 81.1 Å². The van der Waals surface area contributed by atoms with E-state index in [1.807, 2.05) is 30.3 Å². The van der Waals surface area contributed by atoms with Crippen LogP contribution in [0.1, 0.15) is 19.4 Å². The molecule has 0 radical (unpaired) electrons. The molecule has 1 aromatic heterocycles. The minimum atomic E-state index is -0.792. The third-order valence-electron chi connectivity index (χ3n) is 3.89. The summed E-state index contributed by atoms with van der Waals surface area (Å²) in [6.45, 7) is 1.60. The lowest BCUT2D eigenvalue weighted by atomic mass is 10.1. The Bertz CT molecular complexity index is 819. The van der Waals surface area contributed by atoms with Crippen LogP contribution in [0.25, 0.3) is 11.3 Å². The average Bonchev–Trinajstić information content (AvgIpc) is 3.00. The van der Waals surface area contributed by atoms with Crippen LogP contribution in [0.2, 0.25) is 0 Å². The minimum absolute atomic E-state index is 0.0334. The summed E-state index contributed by atoms with van der Waals surface area (Å²) in [5.74, 6) is 0.329. The van der Waals surface area contributed by atoms with Crippen LogP contribution in [0, 0.1) is 0 Å². The summed E-state index contributed by atoms with van der Waals surface area (Å²) in [5.41, 5.74) is 1.12. The number of nitrogens with one attached hydrogen (secondary N) is 1. The molecule has 0 bridgehead atoms. The summed E-state index contributed by atoms with van der Waals surface area (Å²) in [5, 5.41) is 6.98. The van der Waals surface area contributed by atoms with E-state index in [0.29, 0.717) is 17.9 Å². The summed E-state index contributed by atoms with van der Waals surface area (Å²) < 4.78 is 1.16. The van der Waals surface area contributed by atoms with Crippen molar-refractivity contribution < 1.29 is 9.59 Å². The van der Waals surface area contributed by atoms with Crippen LogP contribution >= 0.6 is 11.8 Å². The van der Waals surface area contributed by atoms with Crippen LogP contribution in [0.5, 0.6) is 0 Å². The fraction of sp³-hybridized carbons (Fsp3) is 0.294. The highest BCUT2D eigenvalue weighted by molar-refractivity contribution is 8.14. The molecule has 0 aliphatic carbocycles. The lowest BCUT2D eigenvalue weighted by Crippen LogP contribution is -2.43. The molecule has 2 atom stereocenters. The van der Waals surface area contributed by atoms with Gasteiger partial charge in [0, 0.05) is 17.4 Å². The highest BCUT2D eigenvalue weighted by Crippen LogP contribution is 2.20. The van der Waals surface area contributed by atoms with E-state index in [2.05, 4.69) is 10.4 Å². The SMILES string of the molecule is C[C@H](C(=O)N[C@H]1CCSC1=O)n1nc(-c2ccccc2)ccc1=O. The normalized spacial score (nSPS) is 18.4.